The molecular weight excluding hydrogens is 216 g/mol. The van der Waals surface area contributed by atoms with Gasteiger partial charge in [0.1, 0.15) is 0 Å². The Morgan fingerprint density at radius 3 is 2.88 bits per heavy atom. The minimum atomic E-state index is -0.0159. The molecule has 0 spiro atoms. The van der Waals surface area contributed by atoms with Gasteiger partial charge in [-0.1, -0.05) is 6.42 Å². The molecule has 92 valence electrons. The van der Waals surface area contributed by atoms with Crippen molar-refractivity contribution >= 4 is 11.8 Å². The lowest BCUT2D eigenvalue weighted by molar-refractivity contribution is -0.123. The van der Waals surface area contributed by atoms with E-state index in [-0.39, 0.29) is 24.3 Å². The van der Waals surface area contributed by atoms with E-state index in [1.54, 1.807) is 0 Å². The van der Waals surface area contributed by atoms with Crippen molar-refractivity contribution in [2.24, 2.45) is 0 Å². The van der Waals surface area contributed by atoms with Crippen molar-refractivity contribution in [1.29, 1.82) is 0 Å². The number of rotatable bonds is 3. The zero-order valence-corrected chi connectivity index (χ0v) is 9.92. The molecule has 0 aromatic rings. The Labute approximate surface area is 101 Å². The van der Waals surface area contributed by atoms with Crippen LogP contribution in [-0.4, -0.2) is 23.9 Å². The van der Waals surface area contributed by atoms with Crippen LogP contribution in [0.4, 0.5) is 0 Å². The zero-order valence-electron chi connectivity index (χ0n) is 9.92. The fourth-order valence-electron chi connectivity index (χ4n) is 2.78. The Kier molecular flexibility index (Phi) is 2.65. The topological polar surface area (TPSA) is 58.2 Å². The number of amides is 2. The average molecular weight is 234 g/mol. The van der Waals surface area contributed by atoms with Crippen LogP contribution in [0.5, 0.6) is 0 Å². The van der Waals surface area contributed by atoms with E-state index in [2.05, 4.69) is 10.6 Å². The summed E-state index contributed by atoms with van der Waals surface area (Å²) in [6.07, 6.45) is 6.79. The summed E-state index contributed by atoms with van der Waals surface area (Å²) in [4.78, 5) is 23.6. The molecule has 4 nitrogen and oxygen atoms in total. The molecule has 0 aromatic carbocycles. The van der Waals surface area contributed by atoms with Crippen LogP contribution in [0.2, 0.25) is 0 Å². The first-order valence-corrected chi connectivity index (χ1v) is 6.56. The summed E-state index contributed by atoms with van der Waals surface area (Å²) < 4.78 is 0. The Morgan fingerprint density at radius 1 is 1.29 bits per heavy atom. The van der Waals surface area contributed by atoms with Crippen LogP contribution >= 0.6 is 0 Å². The molecule has 0 aromatic heterocycles. The maximum Gasteiger partial charge on any atom is 0.248 e. The summed E-state index contributed by atoms with van der Waals surface area (Å²) in [6, 6.07) is 0.597. The van der Waals surface area contributed by atoms with Crippen LogP contribution in [0, 0.1) is 0 Å². The van der Waals surface area contributed by atoms with Crippen LogP contribution in [0.15, 0.2) is 11.1 Å². The van der Waals surface area contributed by atoms with Crippen molar-refractivity contribution in [1.82, 2.24) is 10.6 Å². The monoisotopic (exact) mass is 234 g/mol. The summed E-state index contributed by atoms with van der Waals surface area (Å²) in [6.45, 7) is 0. The third kappa shape index (κ3) is 2.21. The molecule has 4 heteroatoms. The SMILES string of the molecule is O=C(CC1=C2CCCCC2NC1=O)NC1CC1. The van der Waals surface area contributed by atoms with Gasteiger partial charge < -0.3 is 10.6 Å². The standard InChI is InChI=1S/C13H18N2O2/c16-12(14-8-5-6-8)7-10-9-3-1-2-4-11(9)15-13(10)17/h8,11H,1-7H2,(H,14,16)(H,15,17). The minimum Gasteiger partial charge on any atom is -0.353 e. The highest BCUT2D eigenvalue weighted by Gasteiger charge is 2.34. The van der Waals surface area contributed by atoms with Gasteiger partial charge in [0.2, 0.25) is 11.8 Å². The highest BCUT2D eigenvalue weighted by Crippen LogP contribution is 2.32. The molecule has 1 unspecified atom stereocenters. The van der Waals surface area contributed by atoms with Gasteiger partial charge in [-0.25, -0.2) is 0 Å². The Balaban J connectivity index is 1.70. The van der Waals surface area contributed by atoms with Gasteiger partial charge in [0.05, 0.1) is 12.5 Å². The van der Waals surface area contributed by atoms with Crippen molar-refractivity contribution in [3.8, 4) is 0 Å². The van der Waals surface area contributed by atoms with Crippen LogP contribution in [0.1, 0.15) is 44.9 Å². The third-order valence-corrected chi connectivity index (χ3v) is 3.86. The second-order valence-electron chi connectivity index (χ2n) is 5.29. The normalized spacial score (nSPS) is 27.8. The van der Waals surface area contributed by atoms with Crippen molar-refractivity contribution in [3.05, 3.63) is 11.1 Å². The van der Waals surface area contributed by atoms with E-state index in [1.165, 1.54) is 12.0 Å². The summed E-state index contributed by atoms with van der Waals surface area (Å²) in [5.74, 6) is -0.00535. The number of carbonyl (C=O) groups is 2. The lowest BCUT2D eigenvalue weighted by atomic mass is 9.88. The van der Waals surface area contributed by atoms with Gasteiger partial charge in [-0.05, 0) is 37.7 Å². The lowest BCUT2D eigenvalue weighted by Gasteiger charge is -2.20. The van der Waals surface area contributed by atoms with Crippen LogP contribution in [0.3, 0.4) is 0 Å². The summed E-state index contributed by atoms with van der Waals surface area (Å²) >= 11 is 0. The van der Waals surface area contributed by atoms with E-state index in [0.29, 0.717) is 6.04 Å². The van der Waals surface area contributed by atoms with Gasteiger partial charge in [0.15, 0.2) is 0 Å². The Morgan fingerprint density at radius 2 is 2.12 bits per heavy atom. The average Bonchev–Trinajstić information content (AvgIpc) is 3.05. The van der Waals surface area contributed by atoms with E-state index in [4.69, 9.17) is 0 Å². The largest absolute Gasteiger partial charge is 0.353 e. The fraction of sp³-hybridized carbons (Fsp3) is 0.692. The molecule has 3 aliphatic rings. The van der Waals surface area contributed by atoms with E-state index in [0.717, 1.165) is 37.7 Å². The molecule has 2 saturated carbocycles. The molecular formula is C13H18N2O2. The number of hydrogen-bond acceptors (Lipinski definition) is 2. The second kappa shape index (κ2) is 4.17. The smallest absolute Gasteiger partial charge is 0.248 e. The zero-order chi connectivity index (χ0) is 11.8. The van der Waals surface area contributed by atoms with Crippen LogP contribution in [0.25, 0.3) is 0 Å². The Hall–Kier alpha value is -1.32. The van der Waals surface area contributed by atoms with Crippen molar-refractivity contribution in [2.45, 2.75) is 57.0 Å². The first-order chi connectivity index (χ1) is 8.24. The quantitative estimate of drug-likeness (QED) is 0.766. The molecule has 0 bridgehead atoms. The number of fused-ring (bicyclic) bond motifs is 1. The van der Waals surface area contributed by atoms with Gasteiger partial charge in [-0.3, -0.25) is 9.59 Å². The molecule has 2 amide bonds. The molecule has 3 rings (SSSR count). The van der Waals surface area contributed by atoms with Crippen molar-refractivity contribution < 1.29 is 9.59 Å². The number of hydrogen-bond donors (Lipinski definition) is 2. The first-order valence-electron chi connectivity index (χ1n) is 6.56. The van der Waals surface area contributed by atoms with E-state index in [9.17, 15) is 9.59 Å². The molecule has 1 heterocycles. The number of nitrogens with one attached hydrogen (secondary N) is 2. The molecule has 1 atom stereocenters. The fourth-order valence-corrected chi connectivity index (χ4v) is 2.78. The van der Waals surface area contributed by atoms with E-state index < -0.39 is 0 Å². The Bertz CT molecular complexity index is 396. The maximum atomic E-state index is 11.8. The van der Waals surface area contributed by atoms with Gasteiger partial charge in [-0.2, -0.15) is 0 Å². The van der Waals surface area contributed by atoms with E-state index in [1.807, 2.05) is 0 Å². The molecule has 0 saturated heterocycles. The molecule has 2 fully saturated rings. The third-order valence-electron chi connectivity index (χ3n) is 3.86. The maximum absolute atomic E-state index is 11.8. The summed E-state index contributed by atoms with van der Waals surface area (Å²) in [5, 5.41) is 5.93. The van der Waals surface area contributed by atoms with Gasteiger partial charge >= 0.3 is 0 Å². The molecule has 1 aliphatic heterocycles. The van der Waals surface area contributed by atoms with Gasteiger partial charge in [0.25, 0.3) is 0 Å². The molecule has 17 heavy (non-hydrogen) atoms. The predicted octanol–water partition coefficient (Wildman–Crippen LogP) is 1.02. The minimum absolute atomic E-state index is 0.0105. The lowest BCUT2D eigenvalue weighted by Crippen LogP contribution is -2.31. The van der Waals surface area contributed by atoms with Gasteiger partial charge in [-0.15, -0.1) is 0 Å². The summed E-state index contributed by atoms with van der Waals surface area (Å²) in [5.41, 5.74) is 1.94. The molecule has 2 N–H and O–H groups in total. The van der Waals surface area contributed by atoms with Crippen LogP contribution < -0.4 is 10.6 Å². The van der Waals surface area contributed by atoms with Crippen molar-refractivity contribution in [2.75, 3.05) is 0 Å². The highest BCUT2D eigenvalue weighted by molar-refractivity contribution is 6.02. The second-order valence-corrected chi connectivity index (χ2v) is 5.29. The van der Waals surface area contributed by atoms with Gasteiger partial charge in [0, 0.05) is 11.6 Å². The number of carbonyl (C=O) groups excluding carboxylic acids is 2. The summed E-state index contributed by atoms with van der Waals surface area (Å²) in [7, 11) is 0. The molecule has 0 radical (unpaired) electrons. The first kappa shape index (κ1) is 10.8. The predicted molar refractivity (Wildman–Crippen MR) is 63.2 cm³/mol. The van der Waals surface area contributed by atoms with E-state index >= 15 is 0 Å². The van der Waals surface area contributed by atoms with Crippen LogP contribution in [-0.2, 0) is 9.59 Å². The van der Waals surface area contributed by atoms with Crippen molar-refractivity contribution in [3.63, 3.8) is 0 Å². The molecule has 2 aliphatic carbocycles. The highest BCUT2D eigenvalue weighted by atomic mass is 16.2.